The number of likely N-dealkylation sites (N-methyl/N-ethyl adjacent to an activating group) is 1. The number of nitrogens with one attached hydrogen (secondary N) is 1. The highest BCUT2D eigenvalue weighted by Crippen LogP contribution is 2.44. The summed E-state index contributed by atoms with van der Waals surface area (Å²) in [5, 5.41) is 18.0. The van der Waals surface area contributed by atoms with E-state index in [0.717, 1.165) is 6.20 Å². The lowest BCUT2D eigenvalue weighted by Gasteiger charge is -2.40. The van der Waals surface area contributed by atoms with Gasteiger partial charge in [0.2, 0.25) is 11.6 Å². The summed E-state index contributed by atoms with van der Waals surface area (Å²) in [5.41, 5.74) is 6.57. The molecule has 2 aromatic carbocycles. The number of aromatic nitrogens is 1. The number of phenols is 1. The molecule has 3 aromatic rings. The SMILES string of the molecule is CCOC(=O)C1CCC(N(C)c2cccc(C3=NCCN3C)c2Oc2c(F)cnc(Oc3cc(C(=N)N)ccc3O)c2F)C(C(=O)OCC)C1. The molecule has 15 heteroatoms. The van der Waals surface area contributed by atoms with Gasteiger partial charge in [0.1, 0.15) is 11.7 Å². The molecule has 50 heavy (non-hydrogen) atoms. The number of aliphatic imine (C=N–C) groups is 1. The quantitative estimate of drug-likeness (QED) is 0.133. The summed E-state index contributed by atoms with van der Waals surface area (Å²) in [7, 11) is 3.58. The largest absolute Gasteiger partial charge is 0.504 e. The number of nitrogens with two attached hydrogens (primary N) is 1. The molecule has 0 amide bonds. The molecule has 266 valence electrons. The Kier molecular flexibility index (Phi) is 11.0. The maximum atomic E-state index is 16.1. The standard InChI is InChI=1S/C35H40F2N6O7/c1-5-47-34(45)20-10-12-24(22(16-20)35(46)48-6-2)43(4)25-9-7-8-21(32-40-14-15-42(32)3)29(25)50-30-23(36)18-41-33(28(30)37)49-27-17-19(31(38)39)11-13-26(27)44/h7-9,11,13,17-18,20,22,24,44H,5-6,10,12,14-16H2,1-4H3,(H3,38,39). The molecule has 2 heterocycles. The summed E-state index contributed by atoms with van der Waals surface area (Å²) in [6.07, 6.45) is 1.77. The number of rotatable bonds is 12. The number of hydrogen-bond acceptors (Lipinski definition) is 12. The second kappa shape index (κ2) is 15.4. The van der Waals surface area contributed by atoms with Crippen LogP contribution in [0.1, 0.15) is 44.2 Å². The van der Waals surface area contributed by atoms with Crippen molar-refractivity contribution in [3.05, 3.63) is 65.4 Å². The van der Waals surface area contributed by atoms with E-state index in [2.05, 4.69) is 9.98 Å². The third-order valence-electron chi connectivity index (χ3n) is 8.77. The first-order valence-electron chi connectivity index (χ1n) is 16.3. The van der Waals surface area contributed by atoms with Crippen molar-refractivity contribution in [3.63, 3.8) is 0 Å². The number of carbonyl (C=O) groups is 2. The van der Waals surface area contributed by atoms with Gasteiger partial charge in [0.15, 0.2) is 23.1 Å². The van der Waals surface area contributed by atoms with Gasteiger partial charge in [0.25, 0.3) is 5.88 Å². The van der Waals surface area contributed by atoms with E-state index in [4.69, 9.17) is 30.1 Å². The summed E-state index contributed by atoms with van der Waals surface area (Å²) in [6, 6.07) is 8.50. The van der Waals surface area contributed by atoms with Crippen LogP contribution in [-0.4, -0.2) is 85.0 Å². The average Bonchev–Trinajstić information content (AvgIpc) is 3.53. The highest BCUT2D eigenvalue weighted by Gasteiger charge is 2.42. The number of carbonyl (C=O) groups excluding carboxylic acids is 2. The van der Waals surface area contributed by atoms with Crippen molar-refractivity contribution in [2.24, 2.45) is 22.6 Å². The molecule has 2 aliphatic rings. The van der Waals surface area contributed by atoms with Gasteiger partial charge < -0.3 is 39.6 Å². The number of halogens is 2. The molecule has 0 saturated heterocycles. The van der Waals surface area contributed by atoms with Crippen LogP contribution in [0.25, 0.3) is 0 Å². The second-order valence-corrected chi connectivity index (χ2v) is 11.9. The van der Waals surface area contributed by atoms with Crippen molar-refractivity contribution >= 4 is 29.3 Å². The Morgan fingerprint density at radius 1 is 1.08 bits per heavy atom. The number of ether oxygens (including phenoxy) is 4. The number of benzene rings is 2. The molecule has 1 aromatic heterocycles. The van der Waals surface area contributed by atoms with E-state index in [0.29, 0.717) is 43.0 Å². The Morgan fingerprint density at radius 2 is 1.82 bits per heavy atom. The van der Waals surface area contributed by atoms with Crippen molar-refractivity contribution in [2.75, 3.05) is 45.3 Å². The van der Waals surface area contributed by atoms with Crippen molar-refractivity contribution in [2.45, 2.75) is 39.2 Å². The Bertz CT molecular complexity index is 1810. The number of phenolic OH excluding ortho intramolecular Hbond substituents is 1. The zero-order valence-electron chi connectivity index (χ0n) is 28.2. The van der Waals surface area contributed by atoms with E-state index in [1.54, 1.807) is 44.0 Å². The Morgan fingerprint density at radius 3 is 2.50 bits per heavy atom. The van der Waals surface area contributed by atoms with Gasteiger partial charge in [-0.05, 0) is 63.4 Å². The first kappa shape index (κ1) is 35.8. The van der Waals surface area contributed by atoms with Gasteiger partial charge in [0.05, 0.1) is 49.0 Å². The number of esters is 2. The number of pyridine rings is 1. The fourth-order valence-corrected chi connectivity index (χ4v) is 6.25. The fraction of sp³-hybridized carbons (Fsp3) is 0.400. The van der Waals surface area contributed by atoms with E-state index in [1.165, 1.54) is 18.2 Å². The van der Waals surface area contributed by atoms with Crippen LogP contribution in [0.5, 0.6) is 28.9 Å². The van der Waals surface area contributed by atoms with Crippen LogP contribution in [0.3, 0.4) is 0 Å². The first-order chi connectivity index (χ1) is 23.9. The molecule has 1 saturated carbocycles. The summed E-state index contributed by atoms with van der Waals surface area (Å²) < 4.78 is 54.0. The molecular formula is C35H40F2N6O7. The monoisotopic (exact) mass is 694 g/mol. The van der Waals surface area contributed by atoms with Gasteiger partial charge in [-0.25, -0.2) is 9.37 Å². The average molecular weight is 695 g/mol. The highest BCUT2D eigenvalue weighted by molar-refractivity contribution is 6.03. The molecule has 1 aliphatic heterocycles. The normalized spacial score (nSPS) is 18.6. The summed E-state index contributed by atoms with van der Waals surface area (Å²) in [5.74, 6) is -6.46. The van der Waals surface area contributed by atoms with Gasteiger partial charge in [-0.3, -0.25) is 20.0 Å². The Balaban J connectivity index is 1.57. The predicted molar refractivity (Wildman–Crippen MR) is 180 cm³/mol. The minimum absolute atomic E-state index is 0.0500. The van der Waals surface area contributed by atoms with E-state index in [-0.39, 0.29) is 48.5 Å². The Labute approximate surface area is 288 Å². The van der Waals surface area contributed by atoms with Crippen molar-refractivity contribution in [1.29, 1.82) is 5.41 Å². The van der Waals surface area contributed by atoms with Crippen LogP contribution in [0.15, 0.2) is 47.6 Å². The maximum Gasteiger partial charge on any atom is 0.311 e. The molecule has 0 bridgehead atoms. The molecular weight excluding hydrogens is 654 g/mol. The molecule has 1 fully saturated rings. The zero-order chi connectivity index (χ0) is 36.1. The highest BCUT2D eigenvalue weighted by atomic mass is 19.1. The smallest absolute Gasteiger partial charge is 0.311 e. The lowest BCUT2D eigenvalue weighted by Crippen LogP contribution is -2.47. The van der Waals surface area contributed by atoms with Crippen LogP contribution in [0.4, 0.5) is 14.5 Å². The van der Waals surface area contributed by atoms with E-state index in [1.807, 2.05) is 11.9 Å². The summed E-state index contributed by atoms with van der Waals surface area (Å²) in [4.78, 5) is 38.0. The van der Waals surface area contributed by atoms with Crippen LogP contribution in [0.2, 0.25) is 0 Å². The summed E-state index contributed by atoms with van der Waals surface area (Å²) in [6.45, 7) is 4.89. The Hall–Kier alpha value is -5.47. The third kappa shape index (κ3) is 7.40. The molecule has 0 spiro atoms. The van der Waals surface area contributed by atoms with Crippen molar-refractivity contribution in [3.8, 4) is 28.9 Å². The minimum atomic E-state index is -1.30. The molecule has 13 nitrogen and oxygen atoms in total. The number of para-hydroxylation sites is 1. The second-order valence-electron chi connectivity index (χ2n) is 11.9. The fourth-order valence-electron chi connectivity index (χ4n) is 6.25. The lowest BCUT2D eigenvalue weighted by atomic mass is 9.77. The minimum Gasteiger partial charge on any atom is -0.504 e. The molecule has 4 N–H and O–H groups in total. The number of nitrogens with zero attached hydrogens (tertiary/aromatic N) is 4. The summed E-state index contributed by atoms with van der Waals surface area (Å²) >= 11 is 0. The van der Waals surface area contributed by atoms with E-state index in [9.17, 15) is 14.7 Å². The van der Waals surface area contributed by atoms with Gasteiger partial charge >= 0.3 is 11.9 Å². The van der Waals surface area contributed by atoms with Crippen LogP contribution < -0.4 is 20.1 Å². The zero-order valence-corrected chi connectivity index (χ0v) is 28.2. The topological polar surface area (TPSA) is 173 Å². The molecule has 5 rings (SSSR count). The van der Waals surface area contributed by atoms with Crippen LogP contribution in [0, 0.1) is 28.9 Å². The van der Waals surface area contributed by atoms with E-state index < -0.39 is 52.9 Å². The molecule has 1 aliphatic carbocycles. The van der Waals surface area contributed by atoms with Crippen molar-refractivity contribution in [1.82, 2.24) is 9.88 Å². The number of aromatic hydroxyl groups is 1. The third-order valence-corrected chi connectivity index (χ3v) is 8.77. The van der Waals surface area contributed by atoms with Crippen molar-refractivity contribution < 1.29 is 42.4 Å². The number of nitrogen functional groups attached to an aromatic ring is 1. The van der Waals surface area contributed by atoms with Gasteiger partial charge in [0, 0.05) is 32.2 Å². The van der Waals surface area contributed by atoms with Gasteiger partial charge in [-0.15, -0.1) is 0 Å². The molecule has 0 radical (unpaired) electrons. The lowest BCUT2D eigenvalue weighted by molar-refractivity contribution is -0.155. The van der Waals surface area contributed by atoms with Gasteiger partial charge in [-0.1, -0.05) is 6.07 Å². The first-order valence-corrected chi connectivity index (χ1v) is 16.3. The predicted octanol–water partition coefficient (Wildman–Crippen LogP) is 4.97. The number of amidine groups is 2. The maximum absolute atomic E-state index is 16.1. The molecule has 3 unspecified atom stereocenters. The number of hydrogen-bond donors (Lipinski definition) is 3. The van der Waals surface area contributed by atoms with Crippen LogP contribution in [-0.2, 0) is 19.1 Å². The molecule has 3 atom stereocenters. The van der Waals surface area contributed by atoms with E-state index >= 15 is 8.78 Å². The van der Waals surface area contributed by atoms with Crippen LogP contribution >= 0.6 is 0 Å². The van der Waals surface area contributed by atoms with Gasteiger partial charge in [-0.2, -0.15) is 4.39 Å². The number of anilines is 1.